The molecule has 0 aliphatic heterocycles. The third-order valence-corrected chi connectivity index (χ3v) is 5.18. The number of ether oxygens (including phenoxy) is 1. The van der Waals surface area contributed by atoms with Gasteiger partial charge in [0.05, 0.1) is 19.3 Å². The number of hydrogen-bond donors (Lipinski definition) is 3. The number of nitrogens with one attached hydrogen (secondary N) is 3. The van der Waals surface area contributed by atoms with E-state index in [1.54, 1.807) is 7.11 Å². The van der Waals surface area contributed by atoms with Gasteiger partial charge in [0.25, 0.3) is 0 Å². The van der Waals surface area contributed by atoms with Crippen LogP contribution in [0.25, 0.3) is 0 Å². The SMILES string of the molecule is COc1ccc(C(C)(C)C)cc1NC(=O)CNC(=O)N[C@H]1CCCC[C@H]1C. The van der Waals surface area contributed by atoms with Gasteiger partial charge in [-0.3, -0.25) is 4.79 Å². The van der Waals surface area contributed by atoms with Crippen molar-refractivity contribution in [2.45, 2.75) is 64.8 Å². The second kappa shape index (κ2) is 9.11. The summed E-state index contributed by atoms with van der Waals surface area (Å²) < 4.78 is 5.34. The van der Waals surface area contributed by atoms with Crippen LogP contribution in [0.4, 0.5) is 10.5 Å². The van der Waals surface area contributed by atoms with Gasteiger partial charge in [-0.2, -0.15) is 0 Å². The Labute approximate surface area is 162 Å². The lowest BCUT2D eigenvalue weighted by Crippen LogP contribution is -2.47. The molecular weight excluding hydrogens is 342 g/mol. The van der Waals surface area contributed by atoms with Crippen LogP contribution in [0, 0.1) is 5.92 Å². The molecular formula is C21H33N3O3. The van der Waals surface area contributed by atoms with E-state index >= 15 is 0 Å². The van der Waals surface area contributed by atoms with Crippen LogP contribution in [0.3, 0.4) is 0 Å². The summed E-state index contributed by atoms with van der Waals surface area (Å²) in [6, 6.07) is 5.65. The molecule has 0 spiro atoms. The van der Waals surface area contributed by atoms with E-state index in [1.807, 2.05) is 18.2 Å². The Morgan fingerprint density at radius 3 is 2.52 bits per heavy atom. The van der Waals surface area contributed by atoms with Crippen LogP contribution in [0.15, 0.2) is 18.2 Å². The highest BCUT2D eigenvalue weighted by Crippen LogP contribution is 2.31. The zero-order valence-electron chi connectivity index (χ0n) is 17.1. The standard InChI is InChI=1S/C21H33N3O3/c1-14-8-6-7-9-16(14)24-20(26)22-13-19(25)23-17-12-15(21(2,3)4)10-11-18(17)27-5/h10-12,14,16H,6-9,13H2,1-5H3,(H,23,25)(H2,22,24,26)/t14-,16+/m1/s1. The lowest BCUT2D eigenvalue weighted by atomic mass is 9.86. The number of rotatable bonds is 5. The van der Waals surface area contributed by atoms with E-state index in [0.717, 1.165) is 24.8 Å². The lowest BCUT2D eigenvalue weighted by molar-refractivity contribution is -0.115. The van der Waals surface area contributed by atoms with E-state index < -0.39 is 0 Å². The smallest absolute Gasteiger partial charge is 0.315 e. The van der Waals surface area contributed by atoms with Crippen LogP contribution in [0.1, 0.15) is 58.9 Å². The van der Waals surface area contributed by atoms with Crippen molar-refractivity contribution in [2.75, 3.05) is 19.0 Å². The normalized spacial score (nSPS) is 19.9. The second-order valence-electron chi connectivity index (χ2n) is 8.41. The van der Waals surface area contributed by atoms with Gasteiger partial charge >= 0.3 is 6.03 Å². The molecule has 0 heterocycles. The van der Waals surface area contributed by atoms with E-state index in [4.69, 9.17) is 4.74 Å². The number of carbonyl (C=O) groups excluding carboxylic acids is 2. The van der Waals surface area contributed by atoms with Gasteiger partial charge in [-0.1, -0.05) is 46.6 Å². The molecule has 1 saturated carbocycles. The van der Waals surface area contributed by atoms with Crippen molar-refractivity contribution >= 4 is 17.6 Å². The van der Waals surface area contributed by atoms with Gasteiger partial charge in [0.2, 0.25) is 5.91 Å². The molecule has 0 radical (unpaired) electrons. The summed E-state index contributed by atoms with van der Waals surface area (Å²) in [5, 5.41) is 8.47. The predicted molar refractivity (Wildman–Crippen MR) is 108 cm³/mol. The Hall–Kier alpha value is -2.24. The molecule has 2 rings (SSSR count). The van der Waals surface area contributed by atoms with Gasteiger partial charge in [0, 0.05) is 6.04 Å². The molecule has 2 atom stereocenters. The van der Waals surface area contributed by atoms with Crippen LogP contribution in [0.5, 0.6) is 5.75 Å². The first-order chi connectivity index (χ1) is 12.7. The number of anilines is 1. The maximum Gasteiger partial charge on any atom is 0.315 e. The summed E-state index contributed by atoms with van der Waals surface area (Å²) in [5.41, 5.74) is 1.66. The Morgan fingerprint density at radius 2 is 1.89 bits per heavy atom. The number of methoxy groups -OCH3 is 1. The molecule has 1 aromatic rings. The van der Waals surface area contributed by atoms with E-state index in [-0.39, 0.29) is 29.9 Å². The minimum Gasteiger partial charge on any atom is -0.495 e. The molecule has 0 unspecified atom stereocenters. The van der Waals surface area contributed by atoms with E-state index in [2.05, 4.69) is 43.6 Å². The fourth-order valence-electron chi connectivity index (χ4n) is 3.38. The van der Waals surface area contributed by atoms with E-state index in [0.29, 0.717) is 17.4 Å². The van der Waals surface area contributed by atoms with Crippen molar-refractivity contribution in [2.24, 2.45) is 5.92 Å². The highest BCUT2D eigenvalue weighted by molar-refractivity contribution is 5.95. The summed E-state index contributed by atoms with van der Waals surface area (Å²) in [7, 11) is 1.57. The second-order valence-corrected chi connectivity index (χ2v) is 8.41. The fraction of sp³-hybridized carbons (Fsp3) is 0.619. The summed E-state index contributed by atoms with van der Waals surface area (Å²) in [5.74, 6) is 0.783. The lowest BCUT2D eigenvalue weighted by Gasteiger charge is -2.29. The minimum atomic E-state index is -0.292. The Kier molecular flexibility index (Phi) is 7.11. The zero-order chi connectivity index (χ0) is 20.0. The van der Waals surface area contributed by atoms with Crippen LogP contribution >= 0.6 is 0 Å². The molecule has 6 nitrogen and oxygen atoms in total. The largest absolute Gasteiger partial charge is 0.495 e. The molecule has 0 saturated heterocycles. The summed E-state index contributed by atoms with van der Waals surface area (Å²) in [4.78, 5) is 24.4. The van der Waals surface area contributed by atoms with Crippen molar-refractivity contribution in [3.63, 3.8) is 0 Å². The van der Waals surface area contributed by atoms with Crippen LogP contribution in [-0.2, 0) is 10.2 Å². The van der Waals surface area contributed by atoms with Crippen LogP contribution in [-0.4, -0.2) is 31.6 Å². The van der Waals surface area contributed by atoms with Gasteiger partial charge < -0.3 is 20.7 Å². The first kappa shape index (κ1) is 21.1. The summed E-state index contributed by atoms with van der Waals surface area (Å²) in [6.45, 7) is 8.40. The quantitative estimate of drug-likeness (QED) is 0.732. The molecule has 150 valence electrons. The first-order valence-corrected chi connectivity index (χ1v) is 9.73. The molecule has 6 heteroatoms. The average Bonchev–Trinajstić information content (AvgIpc) is 2.61. The Balaban J connectivity index is 1.90. The van der Waals surface area contributed by atoms with Gasteiger partial charge in [0.15, 0.2) is 0 Å². The molecule has 1 aliphatic carbocycles. The van der Waals surface area contributed by atoms with Crippen LogP contribution < -0.4 is 20.7 Å². The maximum absolute atomic E-state index is 12.3. The molecule has 1 aliphatic rings. The predicted octanol–water partition coefficient (Wildman–Crippen LogP) is 3.81. The summed E-state index contributed by atoms with van der Waals surface area (Å²) >= 11 is 0. The van der Waals surface area contributed by atoms with Gasteiger partial charge in [-0.25, -0.2) is 4.79 Å². The van der Waals surface area contributed by atoms with Crippen molar-refractivity contribution < 1.29 is 14.3 Å². The zero-order valence-corrected chi connectivity index (χ0v) is 17.1. The first-order valence-electron chi connectivity index (χ1n) is 9.73. The van der Waals surface area contributed by atoms with Gasteiger partial charge in [-0.15, -0.1) is 0 Å². The number of hydrogen-bond acceptors (Lipinski definition) is 3. The maximum atomic E-state index is 12.3. The molecule has 1 aromatic carbocycles. The molecule has 0 bridgehead atoms. The topological polar surface area (TPSA) is 79.5 Å². The molecule has 1 fully saturated rings. The fourth-order valence-corrected chi connectivity index (χ4v) is 3.38. The van der Waals surface area contributed by atoms with Gasteiger partial charge in [0.1, 0.15) is 5.75 Å². The van der Waals surface area contributed by atoms with E-state index in [1.165, 1.54) is 6.42 Å². The number of amides is 3. The average molecular weight is 376 g/mol. The third-order valence-electron chi connectivity index (χ3n) is 5.18. The number of carbonyl (C=O) groups is 2. The minimum absolute atomic E-state index is 0.0411. The van der Waals surface area contributed by atoms with Crippen LogP contribution in [0.2, 0.25) is 0 Å². The molecule has 0 aromatic heterocycles. The highest BCUT2D eigenvalue weighted by atomic mass is 16.5. The highest BCUT2D eigenvalue weighted by Gasteiger charge is 2.23. The third kappa shape index (κ3) is 6.15. The van der Waals surface area contributed by atoms with Crippen molar-refractivity contribution in [1.82, 2.24) is 10.6 Å². The van der Waals surface area contributed by atoms with Crippen molar-refractivity contribution in [3.05, 3.63) is 23.8 Å². The van der Waals surface area contributed by atoms with Gasteiger partial charge in [-0.05, 0) is 41.9 Å². The number of urea groups is 1. The summed E-state index contributed by atoms with van der Waals surface area (Å²) in [6.07, 6.45) is 4.49. The van der Waals surface area contributed by atoms with E-state index in [9.17, 15) is 9.59 Å². The Morgan fingerprint density at radius 1 is 1.19 bits per heavy atom. The van der Waals surface area contributed by atoms with Crippen molar-refractivity contribution in [3.8, 4) is 5.75 Å². The Bertz CT molecular complexity index is 667. The monoisotopic (exact) mass is 375 g/mol. The molecule has 3 N–H and O–H groups in total. The molecule has 27 heavy (non-hydrogen) atoms. The molecule has 3 amide bonds. The van der Waals surface area contributed by atoms with Crippen molar-refractivity contribution in [1.29, 1.82) is 0 Å². The number of benzene rings is 1.